The van der Waals surface area contributed by atoms with Crippen LogP contribution in [-0.4, -0.2) is 46.8 Å². The molecule has 1 atom stereocenters. The number of nitrogens with zero attached hydrogens (tertiary/aromatic N) is 2. The zero-order valence-electron chi connectivity index (χ0n) is 14.4. The van der Waals surface area contributed by atoms with Gasteiger partial charge in [0.25, 0.3) is 0 Å². The molecule has 3 fully saturated rings. The molecule has 1 saturated carbocycles. The average Bonchev–Trinajstić information content (AvgIpc) is 3.42. The van der Waals surface area contributed by atoms with Gasteiger partial charge >= 0.3 is 0 Å². The summed E-state index contributed by atoms with van der Waals surface area (Å²) in [5, 5.41) is 0. The number of hydrogen-bond acceptors (Lipinski definition) is 2. The third kappa shape index (κ3) is 2.43. The van der Waals surface area contributed by atoms with Crippen molar-refractivity contribution in [1.29, 1.82) is 0 Å². The minimum Gasteiger partial charge on any atom is -0.342 e. The van der Waals surface area contributed by atoms with Gasteiger partial charge in [-0.05, 0) is 38.2 Å². The molecule has 4 nitrogen and oxygen atoms in total. The van der Waals surface area contributed by atoms with Gasteiger partial charge in [-0.1, -0.05) is 30.3 Å². The molecule has 1 aliphatic carbocycles. The third-order valence-electron chi connectivity index (χ3n) is 6.25. The van der Waals surface area contributed by atoms with E-state index in [1.54, 1.807) is 0 Å². The van der Waals surface area contributed by atoms with Crippen molar-refractivity contribution in [1.82, 2.24) is 9.80 Å². The fourth-order valence-corrected chi connectivity index (χ4v) is 4.84. The quantitative estimate of drug-likeness (QED) is 0.857. The Kier molecular flexibility index (Phi) is 3.86. The van der Waals surface area contributed by atoms with E-state index >= 15 is 0 Å². The Hall–Kier alpha value is -1.84. The monoisotopic (exact) mass is 326 g/mol. The number of likely N-dealkylation sites (tertiary alicyclic amines) is 2. The molecule has 0 N–H and O–H groups in total. The van der Waals surface area contributed by atoms with Crippen LogP contribution in [0.2, 0.25) is 0 Å². The molecule has 0 bridgehead atoms. The Balaban J connectivity index is 1.60. The molecule has 0 aromatic heterocycles. The summed E-state index contributed by atoms with van der Waals surface area (Å²) in [6.07, 6.45) is 4.54. The van der Waals surface area contributed by atoms with Crippen molar-refractivity contribution in [3.63, 3.8) is 0 Å². The molecular formula is C20H26N2O2. The average molecular weight is 326 g/mol. The number of benzene rings is 1. The van der Waals surface area contributed by atoms with Crippen LogP contribution >= 0.6 is 0 Å². The summed E-state index contributed by atoms with van der Waals surface area (Å²) in [5.74, 6) is 1.16. The lowest BCUT2D eigenvalue weighted by Gasteiger charge is -2.48. The van der Waals surface area contributed by atoms with Crippen LogP contribution in [0.15, 0.2) is 30.3 Å². The number of rotatable bonds is 3. The first kappa shape index (κ1) is 15.7. The second-order valence-electron chi connectivity index (χ2n) is 7.51. The van der Waals surface area contributed by atoms with Gasteiger partial charge in [0.15, 0.2) is 0 Å². The largest absolute Gasteiger partial charge is 0.342 e. The molecule has 1 unspecified atom stereocenters. The van der Waals surface area contributed by atoms with Crippen molar-refractivity contribution in [2.75, 3.05) is 19.6 Å². The minimum atomic E-state index is -0.104. The summed E-state index contributed by atoms with van der Waals surface area (Å²) < 4.78 is 0. The van der Waals surface area contributed by atoms with E-state index in [0.717, 1.165) is 45.3 Å². The molecule has 24 heavy (non-hydrogen) atoms. The topological polar surface area (TPSA) is 40.6 Å². The van der Waals surface area contributed by atoms with E-state index in [1.165, 1.54) is 5.56 Å². The summed E-state index contributed by atoms with van der Waals surface area (Å²) in [7, 11) is 0. The van der Waals surface area contributed by atoms with Crippen molar-refractivity contribution in [3.05, 3.63) is 35.9 Å². The minimum absolute atomic E-state index is 0.104. The molecule has 4 heteroatoms. The van der Waals surface area contributed by atoms with Crippen molar-refractivity contribution >= 4 is 11.8 Å². The van der Waals surface area contributed by atoms with Crippen molar-refractivity contribution in [2.45, 2.75) is 50.5 Å². The first-order chi connectivity index (χ1) is 11.7. The molecule has 2 amide bonds. The van der Waals surface area contributed by atoms with Crippen LogP contribution in [0.25, 0.3) is 0 Å². The van der Waals surface area contributed by atoms with Crippen LogP contribution in [0, 0.1) is 5.92 Å². The number of carbonyl (C=O) groups is 2. The Bertz CT molecular complexity index is 630. The highest BCUT2D eigenvalue weighted by Crippen LogP contribution is 2.49. The van der Waals surface area contributed by atoms with Gasteiger partial charge in [0.1, 0.15) is 0 Å². The predicted molar refractivity (Wildman–Crippen MR) is 92.5 cm³/mol. The second kappa shape index (κ2) is 5.91. The van der Waals surface area contributed by atoms with Gasteiger partial charge in [-0.2, -0.15) is 0 Å². The first-order valence-electron chi connectivity index (χ1n) is 9.30. The summed E-state index contributed by atoms with van der Waals surface area (Å²) in [6, 6.07) is 10.5. The van der Waals surface area contributed by atoms with E-state index < -0.39 is 0 Å². The molecule has 4 rings (SSSR count). The molecule has 3 aliphatic rings. The molecule has 0 radical (unpaired) electrons. The lowest BCUT2D eigenvalue weighted by molar-refractivity contribution is -0.137. The Morgan fingerprint density at radius 3 is 2.42 bits per heavy atom. The maximum absolute atomic E-state index is 12.6. The van der Waals surface area contributed by atoms with E-state index in [-0.39, 0.29) is 23.3 Å². The van der Waals surface area contributed by atoms with Gasteiger partial charge in [-0.25, -0.2) is 0 Å². The fraction of sp³-hybridized carbons (Fsp3) is 0.600. The zero-order chi connectivity index (χ0) is 16.7. The van der Waals surface area contributed by atoms with Crippen LogP contribution in [0.5, 0.6) is 0 Å². The van der Waals surface area contributed by atoms with E-state index in [2.05, 4.69) is 36.1 Å². The molecule has 2 heterocycles. The van der Waals surface area contributed by atoms with Crippen molar-refractivity contribution in [2.24, 2.45) is 5.92 Å². The lowest BCUT2D eigenvalue weighted by atomic mass is 9.73. The molecule has 1 aromatic carbocycles. The highest BCUT2D eigenvalue weighted by molar-refractivity contribution is 5.83. The highest BCUT2D eigenvalue weighted by Gasteiger charge is 2.54. The predicted octanol–water partition coefficient (Wildman–Crippen LogP) is 2.79. The molecular weight excluding hydrogens is 300 g/mol. The van der Waals surface area contributed by atoms with Gasteiger partial charge in [0.2, 0.25) is 11.8 Å². The molecule has 1 spiro atoms. The Morgan fingerprint density at radius 1 is 1.17 bits per heavy atom. The van der Waals surface area contributed by atoms with Crippen molar-refractivity contribution < 1.29 is 9.59 Å². The number of likely N-dealkylation sites (N-methyl/N-ethyl adjacent to an activating group) is 1. The Morgan fingerprint density at radius 2 is 1.83 bits per heavy atom. The lowest BCUT2D eigenvalue weighted by Crippen LogP contribution is -2.56. The highest BCUT2D eigenvalue weighted by atomic mass is 16.2. The van der Waals surface area contributed by atoms with Crippen LogP contribution in [-0.2, 0) is 9.59 Å². The van der Waals surface area contributed by atoms with Crippen LogP contribution in [0.1, 0.15) is 50.5 Å². The summed E-state index contributed by atoms with van der Waals surface area (Å²) in [4.78, 5) is 29.2. The van der Waals surface area contributed by atoms with Crippen LogP contribution < -0.4 is 0 Å². The first-order valence-corrected chi connectivity index (χ1v) is 9.30. The zero-order valence-corrected chi connectivity index (χ0v) is 14.4. The van der Waals surface area contributed by atoms with Gasteiger partial charge in [0, 0.05) is 37.9 Å². The van der Waals surface area contributed by atoms with E-state index in [1.807, 2.05) is 11.0 Å². The smallest absolute Gasteiger partial charge is 0.225 e. The fourth-order valence-electron chi connectivity index (χ4n) is 4.84. The number of amides is 2. The Labute approximate surface area is 143 Å². The van der Waals surface area contributed by atoms with Crippen LogP contribution in [0.3, 0.4) is 0 Å². The SMILES string of the molecule is CCN1C(=O)CC(c2ccccc2)C12CCN(C(=O)C1CC1)CC2. The summed E-state index contributed by atoms with van der Waals surface area (Å²) in [5.41, 5.74) is 1.16. The number of hydrogen-bond donors (Lipinski definition) is 0. The van der Waals surface area contributed by atoms with Gasteiger partial charge < -0.3 is 9.80 Å². The number of carbonyl (C=O) groups excluding carboxylic acids is 2. The molecule has 2 saturated heterocycles. The van der Waals surface area contributed by atoms with Crippen molar-refractivity contribution in [3.8, 4) is 0 Å². The van der Waals surface area contributed by atoms with Gasteiger partial charge in [0.05, 0.1) is 5.54 Å². The molecule has 2 aliphatic heterocycles. The second-order valence-corrected chi connectivity index (χ2v) is 7.51. The molecule has 1 aromatic rings. The van der Waals surface area contributed by atoms with Crippen LogP contribution in [0.4, 0.5) is 0 Å². The standard InChI is InChI=1S/C20H26N2O2/c1-2-22-18(23)14-17(15-6-4-3-5-7-15)20(22)10-12-21(13-11-20)19(24)16-8-9-16/h3-7,16-17H,2,8-14H2,1H3. The van der Waals surface area contributed by atoms with Gasteiger partial charge in [-0.3, -0.25) is 9.59 Å². The summed E-state index contributed by atoms with van der Waals surface area (Å²) in [6.45, 7) is 4.43. The van der Waals surface area contributed by atoms with Gasteiger partial charge in [-0.15, -0.1) is 0 Å². The summed E-state index contributed by atoms with van der Waals surface area (Å²) >= 11 is 0. The maximum Gasteiger partial charge on any atom is 0.225 e. The molecule has 128 valence electrons. The number of piperidine rings is 1. The maximum atomic E-state index is 12.6. The van der Waals surface area contributed by atoms with E-state index in [0.29, 0.717) is 12.3 Å². The third-order valence-corrected chi connectivity index (χ3v) is 6.25. The van der Waals surface area contributed by atoms with E-state index in [4.69, 9.17) is 0 Å². The van der Waals surface area contributed by atoms with E-state index in [9.17, 15) is 9.59 Å². The normalized spacial score (nSPS) is 26.2.